The molecule has 9 heteroatoms. The molecule has 2 aromatic rings. The lowest BCUT2D eigenvalue weighted by Gasteiger charge is -2.35. The molecule has 0 bridgehead atoms. The normalized spacial score (nSPS) is 24.1. The zero-order chi connectivity index (χ0) is 24.3. The molecule has 2 unspecified atom stereocenters. The number of benzene rings is 2. The number of carbonyl (C=O) groups excluding carboxylic acids is 2. The van der Waals surface area contributed by atoms with Crippen molar-refractivity contribution in [1.29, 1.82) is 0 Å². The molecule has 0 aromatic heterocycles. The Bertz CT molecular complexity index is 999. The van der Waals surface area contributed by atoms with E-state index in [1.807, 2.05) is 30.3 Å². The summed E-state index contributed by atoms with van der Waals surface area (Å²) in [6, 6.07) is 15.5. The number of halogens is 4. The Morgan fingerprint density at radius 3 is 2.50 bits per heavy atom. The molecule has 0 aliphatic carbocycles. The van der Waals surface area contributed by atoms with E-state index in [0.717, 1.165) is 16.0 Å². The van der Waals surface area contributed by atoms with Gasteiger partial charge in [0.05, 0.1) is 12.5 Å². The van der Waals surface area contributed by atoms with Crippen LogP contribution in [0.1, 0.15) is 48.8 Å². The van der Waals surface area contributed by atoms with Gasteiger partial charge in [-0.15, -0.1) is 0 Å². The molecule has 0 saturated carbocycles. The predicted octanol–water partition coefficient (Wildman–Crippen LogP) is 6.28. The number of alkyl halides is 3. The highest BCUT2D eigenvalue weighted by molar-refractivity contribution is 6.30. The van der Waals surface area contributed by atoms with E-state index in [9.17, 15) is 22.8 Å². The van der Waals surface area contributed by atoms with Gasteiger partial charge in [0.25, 0.3) is 0 Å². The number of carbonyl (C=O) groups is 2. The topological polar surface area (TPSA) is 55.8 Å². The molecule has 2 amide bonds. The van der Waals surface area contributed by atoms with Crippen LogP contribution in [0.25, 0.3) is 0 Å². The van der Waals surface area contributed by atoms with E-state index in [1.165, 1.54) is 0 Å². The number of amides is 2. The molecule has 2 fully saturated rings. The van der Waals surface area contributed by atoms with Crippen LogP contribution in [0.3, 0.4) is 0 Å². The molecule has 4 rings (SSSR count). The van der Waals surface area contributed by atoms with E-state index in [4.69, 9.17) is 21.1 Å². The van der Waals surface area contributed by atoms with Gasteiger partial charge in [0.1, 0.15) is 12.6 Å². The van der Waals surface area contributed by atoms with Crippen molar-refractivity contribution in [3.8, 4) is 0 Å². The molecule has 5 nitrogen and oxygen atoms in total. The van der Waals surface area contributed by atoms with Crippen LogP contribution in [-0.4, -0.2) is 42.4 Å². The van der Waals surface area contributed by atoms with Crippen molar-refractivity contribution in [3.63, 3.8) is 0 Å². The fourth-order valence-electron chi connectivity index (χ4n) is 4.85. The van der Waals surface area contributed by atoms with Gasteiger partial charge >= 0.3 is 12.3 Å². The first-order valence-electron chi connectivity index (χ1n) is 11.2. The quantitative estimate of drug-likeness (QED) is 0.473. The number of ether oxygens (including phenoxy) is 2. The van der Waals surface area contributed by atoms with E-state index < -0.39 is 42.7 Å². The second kappa shape index (κ2) is 10.4. The summed E-state index contributed by atoms with van der Waals surface area (Å²) in [5, 5.41) is 0.517. The first-order valence-corrected chi connectivity index (χ1v) is 11.6. The fourth-order valence-corrected chi connectivity index (χ4v) is 4.97. The van der Waals surface area contributed by atoms with Gasteiger partial charge in [0, 0.05) is 18.1 Å². The molecule has 2 aromatic carbocycles. The van der Waals surface area contributed by atoms with Crippen molar-refractivity contribution in [2.24, 2.45) is 5.92 Å². The molecule has 2 aliphatic rings. The van der Waals surface area contributed by atoms with Gasteiger partial charge in [-0.1, -0.05) is 54.1 Å². The Kier molecular flexibility index (Phi) is 7.48. The maximum absolute atomic E-state index is 13.4. The molecule has 2 heterocycles. The Hall–Kier alpha value is -2.58. The first-order chi connectivity index (χ1) is 16.2. The summed E-state index contributed by atoms with van der Waals surface area (Å²) in [6.07, 6.45) is -6.38. The van der Waals surface area contributed by atoms with Crippen LogP contribution in [0.4, 0.5) is 18.0 Å². The number of rotatable bonds is 6. The van der Waals surface area contributed by atoms with E-state index in [-0.39, 0.29) is 32.0 Å². The summed E-state index contributed by atoms with van der Waals surface area (Å²) in [4.78, 5) is 27.0. The van der Waals surface area contributed by atoms with E-state index >= 15 is 0 Å². The third kappa shape index (κ3) is 5.91. The minimum absolute atomic E-state index is 0.0382. The molecule has 2 saturated heterocycles. The maximum Gasteiger partial charge on any atom is 0.417 e. The van der Waals surface area contributed by atoms with Crippen molar-refractivity contribution in [1.82, 2.24) is 4.90 Å². The average molecular weight is 496 g/mol. The average Bonchev–Trinajstić information content (AvgIpc) is 3.19. The number of hydrogen-bond donors (Lipinski definition) is 0. The van der Waals surface area contributed by atoms with Crippen LogP contribution < -0.4 is 0 Å². The minimum atomic E-state index is -4.33. The second-order valence-electron chi connectivity index (χ2n) is 8.73. The Morgan fingerprint density at radius 1 is 1.12 bits per heavy atom. The zero-order valence-electron chi connectivity index (χ0n) is 18.3. The summed E-state index contributed by atoms with van der Waals surface area (Å²) < 4.78 is 49.5. The second-order valence-corrected chi connectivity index (χ2v) is 9.16. The predicted molar refractivity (Wildman–Crippen MR) is 119 cm³/mol. The summed E-state index contributed by atoms with van der Waals surface area (Å²) in [5.41, 5.74) is 1.57. The van der Waals surface area contributed by atoms with E-state index in [1.54, 1.807) is 24.3 Å². The van der Waals surface area contributed by atoms with Crippen molar-refractivity contribution < 1.29 is 32.2 Å². The Labute approximate surface area is 200 Å². The molecule has 0 N–H and O–H groups in total. The first kappa shape index (κ1) is 24.5. The molecular formula is C25H25ClF3NO4. The van der Waals surface area contributed by atoms with E-state index in [0.29, 0.717) is 11.4 Å². The van der Waals surface area contributed by atoms with Crippen LogP contribution in [0, 0.1) is 5.92 Å². The van der Waals surface area contributed by atoms with E-state index in [2.05, 4.69) is 0 Å². The lowest BCUT2D eigenvalue weighted by molar-refractivity contribution is -0.169. The van der Waals surface area contributed by atoms with Gasteiger partial charge in [0.2, 0.25) is 5.91 Å². The van der Waals surface area contributed by atoms with Gasteiger partial charge in [-0.05, 0) is 47.9 Å². The van der Waals surface area contributed by atoms with Crippen molar-refractivity contribution in [2.45, 2.75) is 49.9 Å². The number of cyclic esters (lactones) is 1. The summed E-state index contributed by atoms with van der Waals surface area (Å²) in [5.74, 6) is -1.04. The molecule has 4 atom stereocenters. The lowest BCUT2D eigenvalue weighted by Crippen LogP contribution is -2.37. The molecular weight excluding hydrogens is 471 g/mol. The smallest absolute Gasteiger partial charge is 0.417 e. The lowest BCUT2D eigenvalue weighted by atomic mass is 9.77. The Balaban J connectivity index is 1.57. The van der Waals surface area contributed by atoms with Gasteiger partial charge in [-0.3, -0.25) is 4.79 Å². The SMILES string of the molecule is O=C(CC(c1ccc(Cl)cc1)[C@H]1CCO[C@@H](CC(F)(F)F)C1)N1C(=O)OCC1c1ccccc1. The van der Waals surface area contributed by atoms with Crippen LogP contribution in [0.15, 0.2) is 54.6 Å². The highest BCUT2D eigenvalue weighted by atomic mass is 35.5. The van der Waals surface area contributed by atoms with Crippen molar-refractivity contribution in [2.75, 3.05) is 13.2 Å². The number of imide groups is 1. The van der Waals surface area contributed by atoms with Crippen molar-refractivity contribution in [3.05, 3.63) is 70.7 Å². The van der Waals surface area contributed by atoms with Crippen molar-refractivity contribution >= 4 is 23.6 Å². The van der Waals surface area contributed by atoms with Crippen LogP contribution in [-0.2, 0) is 14.3 Å². The van der Waals surface area contributed by atoms with Crippen LogP contribution in [0.5, 0.6) is 0 Å². The van der Waals surface area contributed by atoms with Crippen LogP contribution >= 0.6 is 11.6 Å². The van der Waals surface area contributed by atoms with Gasteiger partial charge in [-0.2, -0.15) is 13.2 Å². The molecule has 2 aliphatic heterocycles. The third-order valence-corrected chi connectivity index (χ3v) is 6.71. The Morgan fingerprint density at radius 2 is 1.82 bits per heavy atom. The standard InChI is InChI=1S/C25H25ClF3NO4/c26-19-8-6-16(7-9-19)21(18-10-11-33-20(12-18)14-25(27,28)29)13-23(31)30-22(15-34-24(30)32)17-4-2-1-3-5-17/h1-9,18,20-22H,10-15H2/t18-,20+,21?,22?/m0/s1. The fraction of sp³-hybridized carbons (Fsp3) is 0.440. The summed E-state index contributed by atoms with van der Waals surface area (Å²) >= 11 is 6.03. The monoisotopic (exact) mass is 495 g/mol. The van der Waals surface area contributed by atoms with Gasteiger partial charge < -0.3 is 9.47 Å². The molecule has 0 radical (unpaired) electrons. The molecule has 0 spiro atoms. The maximum atomic E-state index is 13.4. The molecule has 182 valence electrons. The zero-order valence-corrected chi connectivity index (χ0v) is 19.1. The number of nitrogens with zero attached hydrogens (tertiary/aromatic N) is 1. The van der Waals surface area contributed by atoms with Gasteiger partial charge in [-0.25, -0.2) is 9.69 Å². The number of hydrogen-bond acceptors (Lipinski definition) is 4. The molecule has 34 heavy (non-hydrogen) atoms. The third-order valence-electron chi connectivity index (χ3n) is 6.45. The van der Waals surface area contributed by atoms with Gasteiger partial charge in [0.15, 0.2) is 0 Å². The highest BCUT2D eigenvalue weighted by Crippen LogP contribution is 2.41. The van der Waals surface area contributed by atoms with Crippen LogP contribution in [0.2, 0.25) is 5.02 Å². The highest BCUT2D eigenvalue weighted by Gasteiger charge is 2.42. The summed E-state index contributed by atoms with van der Waals surface area (Å²) in [6.45, 7) is 0.243. The largest absolute Gasteiger partial charge is 0.446 e. The minimum Gasteiger partial charge on any atom is -0.446 e. The summed E-state index contributed by atoms with van der Waals surface area (Å²) in [7, 11) is 0.